The summed E-state index contributed by atoms with van der Waals surface area (Å²) in [6, 6.07) is 5.86. The van der Waals surface area contributed by atoms with Gasteiger partial charge in [-0.1, -0.05) is 18.2 Å². The van der Waals surface area contributed by atoms with E-state index in [9.17, 15) is 13.2 Å². The Kier molecular flexibility index (Phi) is 3.99. The number of benzene rings is 1. The lowest BCUT2D eigenvalue weighted by Crippen LogP contribution is -2.53. The fourth-order valence-electron chi connectivity index (χ4n) is 3.28. The fraction of sp³-hybridized carbons (Fsp3) is 0.562. The van der Waals surface area contributed by atoms with Crippen LogP contribution in [0.15, 0.2) is 18.2 Å². The standard InChI is InChI=1S/C16H22N2O3S/c1-12-3-4-14(9-13(12)2)11-22(20,21)17-7-8-18-15(10-17)5-6-16(18)19/h3-4,9,15H,5-8,10-11H2,1-2H3. The van der Waals surface area contributed by atoms with E-state index in [4.69, 9.17) is 0 Å². The quantitative estimate of drug-likeness (QED) is 0.846. The van der Waals surface area contributed by atoms with E-state index < -0.39 is 10.0 Å². The number of piperazine rings is 1. The molecule has 0 bridgehead atoms. The second kappa shape index (κ2) is 5.66. The van der Waals surface area contributed by atoms with E-state index in [0.717, 1.165) is 17.5 Å². The van der Waals surface area contributed by atoms with Crippen LogP contribution in [0.1, 0.15) is 29.5 Å². The van der Waals surface area contributed by atoms with Crippen LogP contribution >= 0.6 is 0 Å². The van der Waals surface area contributed by atoms with Gasteiger partial charge in [-0.25, -0.2) is 8.42 Å². The molecule has 1 aromatic rings. The Balaban J connectivity index is 1.73. The molecule has 5 nitrogen and oxygen atoms in total. The van der Waals surface area contributed by atoms with Crippen LogP contribution in [-0.4, -0.2) is 49.2 Å². The number of amides is 1. The van der Waals surface area contributed by atoms with Gasteiger partial charge in [-0.05, 0) is 37.0 Å². The van der Waals surface area contributed by atoms with Crippen LogP contribution in [0.3, 0.4) is 0 Å². The molecule has 0 radical (unpaired) electrons. The molecule has 2 heterocycles. The first-order valence-corrected chi connectivity index (χ1v) is 9.31. The molecule has 1 atom stereocenters. The highest BCUT2D eigenvalue weighted by molar-refractivity contribution is 7.88. The molecule has 0 aromatic heterocycles. The maximum absolute atomic E-state index is 12.6. The summed E-state index contributed by atoms with van der Waals surface area (Å²) in [5, 5.41) is 0. The van der Waals surface area contributed by atoms with Gasteiger partial charge >= 0.3 is 0 Å². The van der Waals surface area contributed by atoms with E-state index in [1.54, 1.807) is 4.31 Å². The number of sulfonamides is 1. The van der Waals surface area contributed by atoms with Crippen molar-refractivity contribution in [3.8, 4) is 0 Å². The Morgan fingerprint density at radius 2 is 1.95 bits per heavy atom. The van der Waals surface area contributed by atoms with Crippen LogP contribution in [0.2, 0.25) is 0 Å². The van der Waals surface area contributed by atoms with Gasteiger partial charge in [0, 0.05) is 32.1 Å². The molecule has 22 heavy (non-hydrogen) atoms. The summed E-state index contributed by atoms with van der Waals surface area (Å²) in [7, 11) is -3.33. The summed E-state index contributed by atoms with van der Waals surface area (Å²) in [5.41, 5.74) is 3.10. The SMILES string of the molecule is Cc1ccc(CS(=O)(=O)N2CCN3C(=O)CCC3C2)cc1C. The molecule has 1 amide bonds. The van der Waals surface area contributed by atoms with Gasteiger partial charge in [-0.15, -0.1) is 0 Å². The van der Waals surface area contributed by atoms with Crippen LogP contribution in [0.25, 0.3) is 0 Å². The second-order valence-corrected chi connectivity index (χ2v) is 8.28. The van der Waals surface area contributed by atoms with E-state index in [1.807, 2.05) is 36.9 Å². The third-order valence-corrected chi connectivity index (χ3v) is 6.59. The predicted molar refractivity (Wildman–Crippen MR) is 84.8 cm³/mol. The van der Waals surface area contributed by atoms with Crippen molar-refractivity contribution < 1.29 is 13.2 Å². The molecule has 3 rings (SSSR count). The number of hydrogen-bond donors (Lipinski definition) is 0. The second-order valence-electron chi connectivity index (χ2n) is 6.31. The molecular weight excluding hydrogens is 300 g/mol. The lowest BCUT2D eigenvalue weighted by molar-refractivity contribution is -0.130. The number of rotatable bonds is 3. The van der Waals surface area contributed by atoms with Crippen LogP contribution in [-0.2, 0) is 20.6 Å². The van der Waals surface area contributed by atoms with E-state index >= 15 is 0 Å². The van der Waals surface area contributed by atoms with Crippen LogP contribution in [0, 0.1) is 13.8 Å². The number of carbonyl (C=O) groups excluding carboxylic acids is 1. The molecule has 0 spiro atoms. The zero-order valence-electron chi connectivity index (χ0n) is 13.1. The van der Waals surface area contributed by atoms with Gasteiger partial charge in [0.05, 0.1) is 5.75 Å². The highest BCUT2D eigenvalue weighted by Crippen LogP contribution is 2.25. The monoisotopic (exact) mass is 322 g/mol. The van der Waals surface area contributed by atoms with Crippen molar-refractivity contribution in [1.29, 1.82) is 0 Å². The Morgan fingerprint density at radius 1 is 1.18 bits per heavy atom. The normalized spacial score (nSPS) is 22.9. The van der Waals surface area contributed by atoms with Crippen molar-refractivity contribution in [3.05, 3.63) is 34.9 Å². The summed E-state index contributed by atoms with van der Waals surface area (Å²) in [4.78, 5) is 13.5. The van der Waals surface area contributed by atoms with Crippen LogP contribution in [0.5, 0.6) is 0 Å². The van der Waals surface area contributed by atoms with Gasteiger partial charge in [0.15, 0.2) is 0 Å². The smallest absolute Gasteiger partial charge is 0.222 e. The minimum atomic E-state index is -3.33. The topological polar surface area (TPSA) is 57.7 Å². The summed E-state index contributed by atoms with van der Waals surface area (Å²) >= 11 is 0. The molecule has 2 aliphatic rings. The van der Waals surface area contributed by atoms with Crippen molar-refractivity contribution >= 4 is 15.9 Å². The molecule has 2 fully saturated rings. The molecule has 0 saturated carbocycles. The Labute approximate surface area is 132 Å². The molecular formula is C16H22N2O3S. The molecule has 6 heteroatoms. The summed E-state index contributed by atoms with van der Waals surface area (Å²) in [6.07, 6.45) is 1.32. The van der Waals surface area contributed by atoms with Gasteiger partial charge in [0.25, 0.3) is 0 Å². The lowest BCUT2D eigenvalue weighted by Gasteiger charge is -2.36. The van der Waals surface area contributed by atoms with Gasteiger partial charge < -0.3 is 4.90 Å². The van der Waals surface area contributed by atoms with E-state index in [1.165, 1.54) is 5.56 Å². The lowest BCUT2D eigenvalue weighted by atomic mass is 10.1. The molecule has 120 valence electrons. The average molecular weight is 322 g/mol. The van der Waals surface area contributed by atoms with E-state index in [-0.39, 0.29) is 17.7 Å². The Hall–Kier alpha value is -1.40. The molecule has 2 aliphatic heterocycles. The first kappa shape index (κ1) is 15.5. The third kappa shape index (κ3) is 2.90. The number of hydrogen-bond acceptors (Lipinski definition) is 3. The molecule has 0 N–H and O–H groups in total. The van der Waals surface area contributed by atoms with Crippen molar-refractivity contribution in [2.24, 2.45) is 0 Å². The van der Waals surface area contributed by atoms with Crippen LogP contribution < -0.4 is 0 Å². The van der Waals surface area contributed by atoms with Crippen LogP contribution in [0.4, 0.5) is 0 Å². The predicted octanol–water partition coefficient (Wildman–Crippen LogP) is 1.44. The first-order chi connectivity index (χ1) is 10.4. The zero-order chi connectivity index (χ0) is 15.9. The highest BCUT2D eigenvalue weighted by atomic mass is 32.2. The minimum Gasteiger partial charge on any atom is -0.337 e. The number of fused-ring (bicyclic) bond motifs is 1. The molecule has 1 unspecified atom stereocenters. The van der Waals surface area contributed by atoms with Gasteiger partial charge in [-0.3, -0.25) is 4.79 Å². The van der Waals surface area contributed by atoms with Gasteiger partial charge in [-0.2, -0.15) is 4.31 Å². The maximum atomic E-state index is 12.6. The Bertz CT molecular complexity index is 699. The average Bonchev–Trinajstić information content (AvgIpc) is 2.84. The minimum absolute atomic E-state index is 0.0365. The maximum Gasteiger partial charge on any atom is 0.222 e. The fourth-order valence-corrected chi connectivity index (χ4v) is 4.83. The summed E-state index contributed by atoms with van der Waals surface area (Å²) in [6.45, 7) is 5.39. The highest BCUT2D eigenvalue weighted by Gasteiger charge is 2.39. The summed E-state index contributed by atoms with van der Waals surface area (Å²) < 4.78 is 26.8. The van der Waals surface area contributed by atoms with E-state index in [0.29, 0.717) is 26.1 Å². The van der Waals surface area contributed by atoms with Crippen molar-refractivity contribution in [1.82, 2.24) is 9.21 Å². The van der Waals surface area contributed by atoms with Crippen molar-refractivity contribution in [2.75, 3.05) is 19.6 Å². The molecule has 0 aliphatic carbocycles. The third-order valence-electron chi connectivity index (χ3n) is 4.77. The number of carbonyl (C=O) groups is 1. The van der Waals surface area contributed by atoms with Crippen molar-refractivity contribution in [3.63, 3.8) is 0 Å². The molecule has 2 saturated heterocycles. The largest absolute Gasteiger partial charge is 0.337 e. The van der Waals surface area contributed by atoms with E-state index in [2.05, 4.69) is 0 Å². The van der Waals surface area contributed by atoms with Gasteiger partial charge in [0.1, 0.15) is 0 Å². The summed E-state index contributed by atoms with van der Waals surface area (Å²) in [5.74, 6) is 0.200. The van der Waals surface area contributed by atoms with Gasteiger partial charge in [0.2, 0.25) is 15.9 Å². The van der Waals surface area contributed by atoms with Crippen molar-refractivity contribution in [2.45, 2.75) is 38.5 Å². The Morgan fingerprint density at radius 3 is 2.68 bits per heavy atom. The molecule has 1 aromatic carbocycles. The first-order valence-electron chi connectivity index (χ1n) is 7.70. The number of nitrogens with zero attached hydrogens (tertiary/aromatic N) is 2. The number of aryl methyl sites for hydroxylation is 2. The zero-order valence-corrected chi connectivity index (χ0v) is 13.9.